The Labute approximate surface area is 388 Å². The first kappa shape index (κ1) is 49.2. The van der Waals surface area contributed by atoms with Crippen LogP contribution in [0.2, 0.25) is 0 Å². The van der Waals surface area contributed by atoms with Crippen molar-refractivity contribution in [3.63, 3.8) is 0 Å². The lowest BCUT2D eigenvalue weighted by atomic mass is 10.1. The van der Waals surface area contributed by atoms with Crippen molar-refractivity contribution >= 4 is 114 Å². The highest BCUT2D eigenvalue weighted by molar-refractivity contribution is 7.86. The third kappa shape index (κ3) is 11.0. The molecule has 0 bridgehead atoms. The van der Waals surface area contributed by atoms with Gasteiger partial charge in [0.15, 0.2) is 5.75 Å². The molecule has 0 aliphatic heterocycles. The van der Waals surface area contributed by atoms with Crippen molar-refractivity contribution in [1.29, 1.82) is 0 Å². The molecular formula is C38H32N10O17S4. The van der Waals surface area contributed by atoms with Gasteiger partial charge in [0, 0.05) is 34.8 Å². The van der Waals surface area contributed by atoms with Crippen LogP contribution >= 0.6 is 0 Å². The zero-order valence-electron chi connectivity index (χ0n) is 34.5. The number of rotatable bonds is 16. The summed E-state index contributed by atoms with van der Waals surface area (Å²) in [6, 6.07) is 15.5. The number of anilines is 5. The number of aliphatic hydroxyl groups is 1. The van der Waals surface area contributed by atoms with Crippen LogP contribution in [0.25, 0.3) is 21.5 Å². The van der Waals surface area contributed by atoms with E-state index in [2.05, 4.69) is 51.4 Å². The van der Waals surface area contributed by atoms with Crippen LogP contribution in [-0.4, -0.2) is 108 Å². The van der Waals surface area contributed by atoms with E-state index in [0.29, 0.717) is 6.07 Å². The smallest absolute Gasteiger partial charge is 0.297 e. The first-order valence-electron chi connectivity index (χ1n) is 18.8. The molecule has 0 radical (unpaired) electrons. The van der Waals surface area contributed by atoms with Crippen molar-refractivity contribution < 1.29 is 77.0 Å². The zero-order chi connectivity index (χ0) is 50.2. The van der Waals surface area contributed by atoms with Gasteiger partial charge in [-0.05, 0) is 83.6 Å². The van der Waals surface area contributed by atoms with Crippen LogP contribution in [0.3, 0.4) is 0 Å². The van der Waals surface area contributed by atoms with Gasteiger partial charge >= 0.3 is 0 Å². The molecule has 27 nitrogen and oxygen atoms in total. The van der Waals surface area contributed by atoms with Crippen molar-refractivity contribution in [2.24, 2.45) is 20.5 Å². The highest BCUT2D eigenvalue weighted by atomic mass is 32.2. The van der Waals surface area contributed by atoms with Gasteiger partial charge in [-0.1, -0.05) is 6.07 Å². The molecule has 0 aliphatic rings. The lowest BCUT2D eigenvalue weighted by Crippen LogP contribution is -2.12. The summed E-state index contributed by atoms with van der Waals surface area (Å²) in [7, 11) is -18.8. The lowest BCUT2D eigenvalue weighted by Gasteiger charge is -2.14. The van der Waals surface area contributed by atoms with Crippen LogP contribution in [0.15, 0.2) is 125 Å². The van der Waals surface area contributed by atoms with Gasteiger partial charge in [-0.2, -0.15) is 48.6 Å². The van der Waals surface area contributed by atoms with E-state index in [1.807, 2.05) is 0 Å². The summed E-state index contributed by atoms with van der Waals surface area (Å²) in [6.45, 7) is -0.389. The zero-order valence-corrected chi connectivity index (χ0v) is 37.8. The van der Waals surface area contributed by atoms with Crippen LogP contribution in [0, 0.1) is 0 Å². The average molecular weight is 1030 g/mol. The summed E-state index contributed by atoms with van der Waals surface area (Å²) in [5, 5.41) is 64.7. The predicted octanol–water partition coefficient (Wildman–Crippen LogP) is 6.01. The molecule has 0 atom stereocenters. The van der Waals surface area contributed by atoms with Crippen LogP contribution < -0.4 is 20.7 Å². The number of ether oxygens (including phenoxy) is 1. The maximum Gasteiger partial charge on any atom is 0.297 e. The number of aromatic hydroxyl groups is 3. The third-order valence-corrected chi connectivity index (χ3v) is 12.9. The Kier molecular flexibility index (Phi) is 13.3. The lowest BCUT2D eigenvalue weighted by molar-refractivity contribution is 0.310. The van der Waals surface area contributed by atoms with Gasteiger partial charge in [0.25, 0.3) is 40.5 Å². The van der Waals surface area contributed by atoms with Gasteiger partial charge in [-0.25, -0.2) is 0 Å². The van der Waals surface area contributed by atoms with E-state index in [1.165, 1.54) is 49.6 Å². The molecule has 0 saturated carbocycles. The molecule has 7 rings (SSSR count). The van der Waals surface area contributed by atoms with Gasteiger partial charge < -0.3 is 41.1 Å². The number of benzene rings is 6. The molecular weight excluding hydrogens is 997 g/mol. The first-order valence-corrected chi connectivity index (χ1v) is 24.6. The molecule has 360 valence electrons. The van der Waals surface area contributed by atoms with Gasteiger partial charge in [-0.15, -0.1) is 20.5 Å². The summed E-state index contributed by atoms with van der Waals surface area (Å²) in [5.74, 6) is -2.74. The Balaban J connectivity index is 1.22. The number of aromatic nitrogens is 3. The van der Waals surface area contributed by atoms with E-state index >= 15 is 0 Å². The molecule has 7 aromatic rings. The highest BCUT2D eigenvalue weighted by Gasteiger charge is 2.26. The Hall–Kier alpha value is -7.75. The fourth-order valence-electron chi connectivity index (χ4n) is 6.36. The molecule has 1 heterocycles. The van der Waals surface area contributed by atoms with Crippen molar-refractivity contribution in [2.75, 3.05) is 36.2 Å². The van der Waals surface area contributed by atoms with Gasteiger partial charge in [0.1, 0.15) is 54.7 Å². The minimum atomic E-state index is -5.20. The molecule has 0 saturated heterocycles. The van der Waals surface area contributed by atoms with Crippen LogP contribution in [-0.2, 0) is 40.5 Å². The summed E-state index contributed by atoms with van der Waals surface area (Å²) in [5.41, 5.74) is -2.31. The number of phenolic OH excluding ortho intramolecular Hbond substituents is 3. The van der Waals surface area contributed by atoms with Gasteiger partial charge in [0.05, 0.1) is 18.6 Å². The van der Waals surface area contributed by atoms with E-state index in [0.717, 1.165) is 36.4 Å². The molecule has 0 unspecified atom stereocenters. The van der Waals surface area contributed by atoms with Crippen molar-refractivity contribution in [2.45, 2.75) is 19.6 Å². The number of methoxy groups -OCH3 is 1. The number of phenols is 3. The molecule has 0 spiro atoms. The molecule has 0 amide bonds. The summed E-state index contributed by atoms with van der Waals surface area (Å²) in [6.07, 6.45) is 0. The number of nitrogens with one attached hydrogen (secondary N) is 3. The number of nitrogens with zero attached hydrogens (tertiary/aromatic N) is 7. The first-order chi connectivity index (χ1) is 32.3. The molecule has 69 heavy (non-hydrogen) atoms. The largest absolute Gasteiger partial charge is 0.506 e. The monoisotopic (exact) mass is 1030 g/mol. The SMILES string of the molecule is COc1ccc(N=Nc2c(S(=O)(=O)O)cc3cc(Nc4nc(NCCO)nc(Nc5ccc6c(S(=O)(=O)O)c(N=Nc7cc(S(=O)(=O)O)ccc7O)c(O)cc6c5)n4)ccc3c2O)c(S(=O)(=O)O)c1. The average Bonchev–Trinajstić information content (AvgIpc) is 3.26. The molecule has 0 aliphatic carbocycles. The van der Waals surface area contributed by atoms with Crippen LogP contribution in [0.1, 0.15) is 0 Å². The van der Waals surface area contributed by atoms with E-state index in [9.17, 15) is 72.3 Å². The van der Waals surface area contributed by atoms with E-state index in [-0.39, 0.29) is 69.7 Å². The third-order valence-electron chi connectivity index (χ3n) is 9.38. The van der Waals surface area contributed by atoms with Crippen LogP contribution in [0.5, 0.6) is 23.0 Å². The summed E-state index contributed by atoms with van der Waals surface area (Å²) >= 11 is 0. The number of fused-ring (bicyclic) bond motifs is 2. The van der Waals surface area contributed by atoms with E-state index in [1.54, 1.807) is 0 Å². The maximum atomic E-state index is 12.7. The number of azo groups is 2. The summed E-state index contributed by atoms with van der Waals surface area (Å²) < 4.78 is 142. The van der Waals surface area contributed by atoms with Crippen molar-refractivity contribution in [3.05, 3.63) is 84.9 Å². The Morgan fingerprint density at radius 1 is 0.551 bits per heavy atom. The molecule has 6 aromatic carbocycles. The quantitative estimate of drug-likeness (QED) is 0.0389. The second kappa shape index (κ2) is 18.7. The predicted molar refractivity (Wildman–Crippen MR) is 242 cm³/mol. The molecule has 11 N–H and O–H groups in total. The fraction of sp³-hybridized carbons (Fsp3) is 0.0789. The molecule has 31 heteroatoms. The normalized spacial score (nSPS) is 12.6. The van der Waals surface area contributed by atoms with Gasteiger partial charge in [-0.3, -0.25) is 18.2 Å². The Morgan fingerprint density at radius 2 is 1.13 bits per heavy atom. The second-order valence-electron chi connectivity index (χ2n) is 14.0. The topological polar surface area (TPSA) is 432 Å². The van der Waals surface area contributed by atoms with E-state index < -0.39 is 100 Å². The minimum Gasteiger partial charge on any atom is -0.506 e. The maximum absolute atomic E-state index is 12.7. The Bertz CT molecular complexity index is 3770. The molecule has 0 fully saturated rings. The van der Waals surface area contributed by atoms with Crippen molar-refractivity contribution in [3.8, 4) is 23.0 Å². The summed E-state index contributed by atoms with van der Waals surface area (Å²) in [4.78, 5) is 9.49. The number of hydrogen-bond acceptors (Lipinski definition) is 23. The fourth-order valence-corrected chi connectivity index (χ4v) is 9.01. The van der Waals surface area contributed by atoms with Gasteiger partial charge in [0.2, 0.25) is 17.8 Å². The minimum absolute atomic E-state index is 0.00371. The number of hydrogen-bond donors (Lipinski definition) is 11. The van der Waals surface area contributed by atoms with Crippen molar-refractivity contribution in [1.82, 2.24) is 15.0 Å². The molecule has 1 aromatic heterocycles. The highest BCUT2D eigenvalue weighted by Crippen LogP contribution is 2.44. The Morgan fingerprint density at radius 3 is 1.71 bits per heavy atom. The second-order valence-corrected chi connectivity index (χ2v) is 19.6. The van der Waals surface area contributed by atoms with Crippen LogP contribution in [0.4, 0.5) is 52.0 Å². The number of aliphatic hydroxyl groups excluding tert-OH is 1. The van der Waals surface area contributed by atoms with E-state index in [4.69, 9.17) is 4.74 Å². The standard InChI is InChI=1S/C38H32N10O17S4/c1-65-22-4-8-26(30(16-22)67(56,57)58)45-48-33-31(68(59,60)61)15-19-13-20(2-6-24(19)34(33)52)40-37-42-36(39-10-11-49)43-38(44-37)41-21-3-7-25-18(12-21)14-29(51)32(35(25)69(62,63)64)47-46-27-17-23(66(53,54)55)5-9-28(27)50/h2-9,12-17,49-52H,10-11H2,1H3,(H,53,54,55)(H,56,57,58)(H,59,60,61)(H,62,63,64)(H3,39,40,41,42,43,44).